The highest BCUT2D eigenvalue weighted by atomic mass is 32.2. The van der Waals surface area contributed by atoms with Gasteiger partial charge in [-0.2, -0.15) is 0 Å². The number of fused-ring (bicyclic) bond motifs is 1. The molecule has 168 valence electrons. The lowest BCUT2D eigenvalue weighted by Gasteiger charge is -2.21. The molecule has 1 fully saturated rings. The van der Waals surface area contributed by atoms with Gasteiger partial charge in [0.15, 0.2) is 10.9 Å². The Kier molecular flexibility index (Phi) is 5.67. The van der Waals surface area contributed by atoms with E-state index in [1.54, 1.807) is 13.8 Å². The number of aryl methyl sites for hydroxylation is 1. The molecule has 6 heteroatoms. The van der Waals surface area contributed by atoms with Gasteiger partial charge in [0, 0.05) is 18.1 Å². The van der Waals surface area contributed by atoms with E-state index in [1.165, 1.54) is 47.4 Å². The van der Waals surface area contributed by atoms with E-state index in [0.29, 0.717) is 17.4 Å². The molecule has 2 aliphatic rings. The Hall–Kier alpha value is -1.92. The van der Waals surface area contributed by atoms with Crippen LogP contribution in [0.4, 0.5) is 0 Å². The predicted molar refractivity (Wildman–Crippen MR) is 121 cm³/mol. The second kappa shape index (κ2) is 7.89. The lowest BCUT2D eigenvalue weighted by atomic mass is 9.84. The zero-order chi connectivity index (χ0) is 22.6. The summed E-state index contributed by atoms with van der Waals surface area (Å²) in [7, 11) is -3.41. The minimum Gasteiger partial charge on any atom is -0.454 e. The van der Waals surface area contributed by atoms with Crippen molar-refractivity contribution in [3.8, 4) is 0 Å². The maximum Gasteiger partial charge on any atom is 0.199 e. The number of aliphatic hydroxyl groups is 1. The highest BCUT2D eigenvalue weighted by Crippen LogP contribution is 2.45. The Morgan fingerprint density at radius 1 is 1.29 bits per heavy atom. The summed E-state index contributed by atoms with van der Waals surface area (Å²) < 4.78 is 26.7. The molecule has 0 amide bonds. The first kappa shape index (κ1) is 22.3. The van der Waals surface area contributed by atoms with E-state index in [1.807, 2.05) is 0 Å². The van der Waals surface area contributed by atoms with E-state index in [2.05, 4.69) is 19.9 Å². The summed E-state index contributed by atoms with van der Waals surface area (Å²) in [6, 6.07) is 3.71. The maximum atomic E-state index is 13.1. The van der Waals surface area contributed by atoms with Crippen molar-refractivity contribution in [3.05, 3.63) is 51.8 Å². The Labute approximate surface area is 185 Å². The molecule has 2 atom stereocenters. The fourth-order valence-electron chi connectivity index (χ4n) is 4.92. The average molecular weight is 444 g/mol. The van der Waals surface area contributed by atoms with Crippen molar-refractivity contribution in [1.82, 2.24) is 0 Å². The molecule has 4 rings (SSSR count). The molecule has 0 radical (unpaired) electrons. The molecule has 0 spiro atoms. The molecule has 2 aromatic rings. The van der Waals surface area contributed by atoms with Crippen LogP contribution in [0.15, 0.2) is 27.9 Å². The Balaban J connectivity index is 1.60. The summed E-state index contributed by atoms with van der Waals surface area (Å²) in [5.41, 5.74) is 5.70. The number of benzene rings is 1. The number of rotatable bonds is 8. The molecular weight excluding hydrogens is 410 g/mol. The first-order valence-electron chi connectivity index (χ1n) is 11.2. The van der Waals surface area contributed by atoms with Crippen molar-refractivity contribution in [2.75, 3.05) is 5.75 Å². The van der Waals surface area contributed by atoms with Gasteiger partial charge in [-0.3, -0.25) is 4.79 Å². The minimum absolute atomic E-state index is 0.0429. The SMILES string of the molecule is Cc1cc([C@@H](C)C2CC2)c(CC(=O)C[S@@](=N)(=O)c2cc(C(C)(C)O)co2)c2c1CCC2. The number of hydrogen-bond donors (Lipinski definition) is 2. The quantitative estimate of drug-likeness (QED) is 0.598. The lowest BCUT2D eigenvalue weighted by Crippen LogP contribution is -2.19. The summed E-state index contributed by atoms with van der Waals surface area (Å²) >= 11 is 0. The average Bonchev–Trinajstić information content (AvgIpc) is 3.17. The van der Waals surface area contributed by atoms with E-state index in [0.717, 1.165) is 24.8 Å². The van der Waals surface area contributed by atoms with Crippen LogP contribution < -0.4 is 0 Å². The van der Waals surface area contributed by atoms with Crippen molar-refractivity contribution < 1.29 is 18.5 Å². The van der Waals surface area contributed by atoms with Gasteiger partial charge in [-0.25, -0.2) is 8.99 Å². The molecule has 0 aliphatic heterocycles. The van der Waals surface area contributed by atoms with Gasteiger partial charge in [-0.05, 0) is 92.5 Å². The van der Waals surface area contributed by atoms with E-state index in [4.69, 9.17) is 9.20 Å². The van der Waals surface area contributed by atoms with Gasteiger partial charge in [-0.15, -0.1) is 0 Å². The van der Waals surface area contributed by atoms with Gasteiger partial charge < -0.3 is 9.52 Å². The van der Waals surface area contributed by atoms with Gasteiger partial charge in [0.1, 0.15) is 9.73 Å². The molecule has 0 bridgehead atoms. The van der Waals surface area contributed by atoms with Crippen molar-refractivity contribution in [2.45, 2.75) is 82.8 Å². The Morgan fingerprint density at radius 3 is 2.58 bits per heavy atom. The fraction of sp³-hybridized carbons (Fsp3) is 0.560. The number of furan rings is 1. The summed E-state index contributed by atoms with van der Waals surface area (Å²) in [5, 5.41) is 10.1. The van der Waals surface area contributed by atoms with E-state index in [9.17, 15) is 14.1 Å². The lowest BCUT2D eigenvalue weighted by molar-refractivity contribution is -0.116. The number of Topliss-reactive ketones (excluding diaryl/α,β-unsaturated/α-hetero) is 1. The highest BCUT2D eigenvalue weighted by Gasteiger charge is 2.33. The van der Waals surface area contributed by atoms with Crippen LogP contribution in [0.2, 0.25) is 0 Å². The van der Waals surface area contributed by atoms with Crippen LogP contribution in [0.5, 0.6) is 0 Å². The smallest absolute Gasteiger partial charge is 0.199 e. The normalized spacial score (nSPS) is 19.1. The molecule has 2 aliphatic carbocycles. The second-order valence-corrected chi connectivity index (χ2v) is 12.0. The van der Waals surface area contributed by atoms with Gasteiger partial charge in [0.2, 0.25) is 0 Å². The molecular formula is C25H33NO4S. The van der Waals surface area contributed by atoms with Crippen molar-refractivity contribution >= 4 is 15.5 Å². The Morgan fingerprint density at radius 2 is 1.97 bits per heavy atom. The van der Waals surface area contributed by atoms with Crippen LogP contribution >= 0.6 is 0 Å². The van der Waals surface area contributed by atoms with Crippen LogP contribution in [-0.4, -0.2) is 20.9 Å². The molecule has 2 N–H and O–H groups in total. The number of nitrogens with one attached hydrogen (secondary N) is 1. The van der Waals surface area contributed by atoms with Gasteiger partial charge in [-0.1, -0.05) is 13.0 Å². The standard InChI is InChI=1S/C25H33NO4S/c1-15-10-22(16(2)17-8-9-17)23(21-7-5-6-20(15)21)12-19(27)14-31(26,29)24-11-18(13-30-24)25(3,4)28/h10-11,13,16-17,26,28H,5-9,12,14H2,1-4H3/t16-,31+/m0/s1. The number of carbonyl (C=O) groups is 1. The summed E-state index contributed by atoms with van der Waals surface area (Å²) in [5.74, 6) is 0.554. The van der Waals surface area contributed by atoms with Gasteiger partial charge in [0.25, 0.3) is 0 Å². The first-order valence-corrected chi connectivity index (χ1v) is 12.9. The summed E-state index contributed by atoms with van der Waals surface area (Å²) in [4.78, 5) is 13.1. The largest absolute Gasteiger partial charge is 0.454 e. The third kappa shape index (κ3) is 4.51. The van der Waals surface area contributed by atoms with E-state index in [-0.39, 0.29) is 23.0 Å². The monoisotopic (exact) mass is 443 g/mol. The fourth-order valence-corrected chi connectivity index (χ4v) is 6.13. The van der Waals surface area contributed by atoms with Gasteiger partial charge in [0.05, 0.1) is 17.6 Å². The summed E-state index contributed by atoms with van der Waals surface area (Å²) in [6.07, 6.45) is 7.19. The third-order valence-electron chi connectivity index (χ3n) is 6.94. The molecule has 1 aromatic carbocycles. The van der Waals surface area contributed by atoms with Crippen LogP contribution in [-0.2, 0) is 39.4 Å². The third-order valence-corrected chi connectivity index (χ3v) is 8.54. The highest BCUT2D eigenvalue weighted by molar-refractivity contribution is 7.93. The molecule has 1 saturated carbocycles. The number of carbonyl (C=O) groups excluding carboxylic acids is 1. The van der Waals surface area contributed by atoms with E-state index < -0.39 is 15.3 Å². The van der Waals surface area contributed by atoms with Gasteiger partial charge >= 0.3 is 0 Å². The topological polar surface area (TPSA) is 91.4 Å². The molecule has 0 saturated heterocycles. The molecule has 1 aromatic heterocycles. The van der Waals surface area contributed by atoms with Crippen LogP contribution in [0.25, 0.3) is 0 Å². The van der Waals surface area contributed by atoms with E-state index >= 15 is 0 Å². The first-order chi connectivity index (χ1) is 14.5. The Bertz CT molecular complexity index is 1120. The van der Waals surface area contributed by atoms with Crippen molar-refractivity contribution in [1.29, 1.82) is 4.78 Å². The zero-order valence-electron chi connectivity index (χ0n) is 18.9. The number of hydrogen-bond acceptors (Lipinski definition) is 5. The summed E-state index contributed by atoms with van der Waals surface area (Å²) in [6.45, 7) is 7.63. The molecule has 31 heavy (non-hydrogen) atoms. The maximum absolute atomic E-state index is 13.1. The van der Waals surface area contributed by atoms with Crippen LogP contribution in [0, 0.1) is 17.6 Å². The molecule has 5 nitrogen and oxygen atoms in total. The van der Waals surface area contributed by atoms with Crippen molar-refractivity contribution in [3.63, 3.8) is 0 Å². The predicted octanol–water partition coefficient (Wildman–Crippen LogP) is 5.04. The molecule has 0 unspecified atom stereocenters. The minimum atomic E-state index is -3.41. The van der Waals surface area contributed by atoms with Crippen molar-refractivity contribution in [2.24, 2.45) is 5.92 Å². The number of ketones is 1. The van der Waals surface area contributed by atoms with Crippen LogP contribution in [0.1, 0.15) is 79.3 Å². The molecule has 1 heterocycles. The van der Waals surface area contributed by atoms with Crippen LogP contribution in [0.3, 0.4) is 0 Å². The second-order valence-electron chi connectivity index (χ2n) is 9.95. The zero-order valence-corrected chi connectivity index (χ0v) is 19.7.